The van der Waals surface area contributed by atoms with Gasteiger partial charge in [0.25, 0.3) is 0 Å². The van der Waals surface area contributed by atoms with Gasteiger partial charge in [-0.3, -0.25) is 8.97 Å². The number of para-hydroxylation sites is 5. The zero-order valence-electron chi connectivity index (χ0n) is 24.7. The maximum atomic E-state index is 6.14. The van der Waals surface area contributed by atoms with E-state index in [4.69, 9.17) is 9.40 Å². The second kappa shape index (κ2) is 9.44. The van der Waals surface area contributed by atoms with Crippen molar-refractivity contribution < 1.29 is 4.42 Å². The van der Waals surface area contributed by atoms with Gasteiger partial charge < -0.3 is 4.42 Å². The largest absolute Gasteiger partial charge is 0.456 e. The van der Waals surface area contributed by atoms with Crippen LogP contribution in [-0.2, 0) is 25.7 Å². The first kappa shape index (κ1) is 24.8. The lowest BCUT2D eigenvalue weighted by Crippen LogP contribution is -2.06. The Balaban J connectivity index is 1.11. The van der Waals surface area contributed by atoms with Crippen molar-refractivity contribution in [3.8, 4) is 16.8 Å². The Kier molecular flexibility index (Phi) is 5.20. The molecule has 0 N–H and O–H groups in total. The molecule has 6 aromatic carbocycles. The minimum Gasteiger partial charge on any atom is -0.456 e. The third kappa shape index (κ3) is 3.75. The molecular formula is C41H29N3O. The van der Waals surface area contributed by atoms with Gasteiger partial charge in [-0.1, -0.05) is 78.9 Å². The number of rotatable bonds is 2. The quantitative estimate of drug-likeness (QED) is 0.204. The van der Waals surface area contributed by atoms with Crippen LogP contribution in [0.2, 0.25) is 0 Å². The molecule has 4 aliphatic carbocycles. The molecule has 3 aromatic heterocycles. The molecule has 0 fully saturated rings. The van der Waals surface area contributed by atoms with E-state index >= 15 is 0 Å². The van der Waals surface area contributed by atoms with Crippen LogP contribution in [0.5, 0.6) is 0 Å². The Bertz CT molecular complexity index is 2610. The molecule has 4 nitrogen and oxygen atoms in total. The molecule has 214 valence electrons. The van der Waals surface area contributed by atoms with Crippen molar-refractivity contribution in [1.29, 1.82) is 0 Å². The van der Waals surface area contributed by atoms with E-state index in [1.54, 1.807) is 0 Å². The van der Waals surface area contributed by atoms with Gasteiger partial charge in [0.05, 0.1) is 27.8 Å². The summed E-state index contributed by atoms with van der Waals surface area (Å²) in [4.78, 5) is 5.16. The summed E-state index contributed by atoms with van der Waals surface area (Å²) in [5.41, 5.74) is 15.6. The first-order chi connectivity index (χ1) is 22.3. The van der Waals surface area contributed by atoms with Crippen LogP contribution in [0, 0.1) is 0 Å². The molecule has 13 rings (SSSR count). The van der Waals surface area contributed by atoms with Crippen molar-refractivity contribution in [2.24, 2.45) is 0 Å². The van der Waals surface area contributed by atoms with Crippen molar-refractivity contribution in [3.05, 3.63) is 150 Å². The Labute approximate surface area is 259 Å². The van der Waals surface area contributed by atoms with Gasteiger partial charge in [-0.05, 0) is 108 Å². The average molecular weight is 580 g/mol. The normalized spacial score (nSPS) is 13.4. The molecule has 45 heavy (non-hydrogen) atoms. The Morgan fingerprint density at radius 2 is 1.24 bits per heavy atom. The average Bonchev–Trinajstić information content (AvgIpc) is 3.74. The second-order valence-corrected chi connectivity index (χ2v) is 12.3. The van der Waals surface area contributed by atoms with Crippen molar-refractivity contribution in [2.45, 2.75) is 25.7 Å². The number of furan rings is 1. The number of fused-ring (bicyclic) bond motifs is 8. The van der Waals surface area contributed by atoms with Crippen LogP contribution in [0.25, 0.3) is 66.6 Å². The number of imidazole rings is 2. The van der Waals surface area contributed by atoms with Gasteiger partial charge in [-0.15, -0.1) is 0 Å². The molecule has 4 bridgehead atoms. The van der Waals surface area contributed by atoms with E-state index in [1.165, 1.54) is 60.9 Å². The van der Waals surface area contributed by atoms with Crippen molar-refractivity contribution in [2.75, 3.05) is 0 Å². The van der Waals surface area contributed by atoms with E-state index in [9.17, 15) is 0 Å². The molecule has 3 heterocycles. The van der Waals surface area contributed by atoms with Gasteiger partial charge in [0, 0.05) is 10.8 Å². The molecule has 0 atom stereocenters. The standard InChI is InChI=1S/C41H29N3O/c1-6-12-39-31(7-1)33-25-30(21-22-40(33)45-39)32-23-26-13-17-28(32)18-14-27-16-20-29(19-15-26)38(24-27)44-37-11-5-4-10-36(37)43-35-9-3-2-8-34(35)42-41(43)44/h1-13,16-17,20-25H,14-15,18-19H2. The molecule has 0 saturated carbocycles. The maximum Gasteiger partial charge on any atom is 0.220 e. The summed E-state index contributed by atoms with van der Waals surface area (Å²) in [5.74, 6) is 0.968. The molecule has 0 radical (unpaired) electrons. The molecule has 4 aliphatic rings. The summed E-state index contributed by atoms with van der Waals surface area (Å²) in [7, 11) is 0. The topological polar surface area (TPSA) is 35.4 Å². The summed E-state index contributed by atoms with van der Waals surface area (Å²) in [6.07, 6.45) is 3.83. The van der Waals surface area contributed by atoms with Crippen LogP contribution < -0.4 is 0 Å². The summed E-state index contributed by atoms with van der Waals surface area (Å²) < 4.78 is 10.8. The highest BCUT2D eigenvalue weighted by Gasteiger charge is 2.20. The highest BCUT2D eigenvalue weighted by atomic mass is 16.3. The molecular weight excluding hydrogens is 550 g/mol. The third-order valence-corrected chi connectivity index (χ3v) is 9.73. The highest BCUT2D eigenvalue weighted by Crippen LogP contribution is 2.36. The number of aryl methyl sites for hydroxylation is 4. The van der Waals surface area contributed by atoms with Crippen LogP contribution in [-0.4, -0.2) is 14.0 Å². The van der Waals surface area contributed by atoms with E-state index in [2.05, 4.69) is 130 Å². The number of aromatic nitrogens is 3. The van der Waals surface area contributed by atoms with Crippen LogP contribution >= 0.6 is 0 Å². The van der Waals surface area contributed by atoms with E-state index in [-0.39, 0.29) is 0 Å². The predicted octanol–water partition coefficient (Wildman–Crippen LogP) is 9.88. The molecule has 4 heteroatoms. The van der Waals surface area contributed by atoms with E-state index in [0.717, 1.165) is 53.7 Å². The monoisotopic (exact) mass is 579 g/mol. The minimum absolute atomic E-state index is 0.941. The lowest BCUT2D eigenvalue weighted by molar-refractivity contribution is 0.669. The Hall–Kier alpha value is -5.61. The van der Waals surface area contributed by atoms with Crippen molar-refractivity contribution in [3.63, 3.8) is 0 Å². The zero-order chi connectivity index (χ0) is 29.5. The van der Waals surface area contributed by atoms with Gasteiger partial charge in [0.1, 0.15) is 11.2 Å². The summed E-state index contributed by atoms with van der Waals surface area (Å²) in [6, 6.07) is 46.4. The van der Waals surface area contributed by atoms with Gasteiger partial charge in [0.2, 0.25) is 5.78 Å². The van der Waals surface area contributed by atoms with Crippen molar-refractivity contribution in [1.82, 2.24) is 14.0 Å². The molecule has 0 saturated heterocycles. The fraction of sp³-hybridized carbons (Fsp3) is 0.0976. The Morgan fingerprint density at radius 3 is 2.16 bits per heavy atom. The summed E-state index contributed by atoms with van der Waals surface area (Å²) >= 11 is 0. The van der Waals surface area contributed by atoms with Crippen LogP contribution in [0.3, 0.4) is 0 Å². The van der Waals surface area contributed by atoms with Crippen LogP contribution in [0.1, 0.15) is 22.3 Å². The number of benzene rings is 6. The number of hydrogen-bond donors (Lipinski definition) is 0. The molecule has 0 unspecified atom stereocenters. The SMILES string of the molecule is c1ccc2c(c1)nc1n(-c3cc4ccc3CCc3ccc(c(-c5ccc6oc7ccccc7c6c5)c3)CC4)c3ccccc3n21. The molecule has 0 aliphatic heterocycles. The van der Waals surface area contributed by atoms with E-state index in [0.29, 0.717) is 0 Å². The predicted molar refractivity (Wildman–Crippen MR) is 184 cm³/mol. The van der Waals surface area contributed by atoms with E-state index < -0.39 is 0 Å². The van der Waals surface area contributed by atoms with Crippen LogP contribution in [0.4, 0.5) is 0 Å². The summed E-state index contributed by atoms with van der Waals surface area (Å²) in [6.45, 7) is 0. The molecule has 0 amide bonds. The van der Waals surface area contributed by atoms with Gasteiger partial charge in [-0.25, -0.2) is 4.98 Å². The lowest BCUT2D eigenvalue weighted by atomic mass is 9.89. The smallest absolute Gasteiger partial charge is 0.220 e. The fourth-order valence-electron chi connectivity index (χ4n) is 7.49. The lowest BCUT2D eigenvalue weighted by Gasteiger charge is -2.18. The van der Waals surface area contributed by atoms with Gasteiger partial charge in [0.15, 0.2) is 0 Å². The fourth-order valence-corrected chi connectivity index (χ4v) is 7.49. The van der Waals surface area contributed by atoms with E-state index in [1.807, 2.05) is 6.07 Å². The third-order valence-electron chi connectivity index (χ3n) is 9.73. The molecule has 0 spiro atoms. The van der Waals surface area contributed by atoms with Gasteiger partial charge >= 0.3 is 0 Å². The number of nitrogens with zero attached hydrogens (tertiary/aromatic N) is 3. The zero-order valence-corrected chi connectivity index (χ0v) is 24.7. The van der Waals surface area contributed by atoms with Crippen LogP contribution in [0.15, 0.2) is 132 Å². The minimum atomic E-state index is 0.941. The highest BCUT2D eigenvalue weighted by molar-refractivity contribution is 6.06. The van der Waals surface area contributed by atoms with Gasteiger partial charge in [-0.2, -0.15) is 0 Å². The maximum absolute atomic E-state index is 6.14. The summed E-state index contributed by atoms with van der Waals surface area (Å²) in [5, 5.41) is 2.35. The first-order valence-corrected chi connectivity index (χ1v) is 15.8. The second-order valence-electron chi connectivity index (χ2n) is 12.3. The first-order valence-electron chi connectivity index (χ1n) is 15.8. The molecule has 9 aromatic rings. The Morgan fingerprint density at radius 1 is 0.533 bits per heavy atom. The van der Waals surface area contributed by atoms with Crippen molar-refractivity contribution >= 4 is 49.8 Å². The number of hydrogen-bond acceptors (Lipinski definition) is 2.